The highest BCUT2D eigenvalue weighted by molar-refractivity contribution is 6.61. The Morgan fingerprint density at radius 3 is 2.45 bits per heavy atom. The van der Waals surface area contributed by atoms with Gasteiger partial charge < -0.3 is 9.31 Å². The van der Waals surface area contributed by atoms with Gasteiger partial charge in [-0.1, -0.05) is 5.21 Å². The lowest BCUT2D eigenvalue weighted by atomic mass is 9.86. The summed E-state index contributed by atoms with van der Waals surface area (Å²) < 4.78 is 13.4. The predicted molar refractivity (Wildman–Crippen MR) is 72.7 cm³/mol. The van der Waals surface area contributed by atoms with E-state index in [0.29, 0.717) is 11.4 Å². The van der Waals surface area contributed by atoms with Crippen LogP contribution in [0.25, 0.3) is 5.82 Å². The summed E-state index contributed by atoms with van der Waals surface area (Å²) in [5, 5.41) is 8.15. The minimum Gasteiger partial charge on any atom is -0.398 e. The summed E-state index contributed by atoms with van der Waals surface area (Å²) in [6.07, 6.45) is 4.87. The number of hydrogen-bond donors (Lipinski definition) is 0. The van der Waals surface area contributed by atoms with Crippen molar-refractivity contribution in [1.29, 1.82) is 0 Å². The van der Waals surface area contributed by atoms with Crippen LogP contribution in [0.15, 0.2) is 24.8 Å². The van der Waals surface area contributed by atoms with Crippen LogP contribution in [0, 0.1) is 0 Å². The molecule has 0 bridgehead atoms. The summed E-state index contributed by atoms with van der Waals surface area (Å²) in [4.78, 5) is 7.99. The molecule has 0 aromatic carbocycles. The summed E-state index contributed by atoms with van der Waals surface area (Å²) in [5.74, 6) is 0.648. The Bertz CT molecular complexity index is 597. The third-order valence-electron chi connectivity index (χ3n) is 3.81. The Morgan fingerprint density at radius 2 is 1.85 bits per heavy atom. The molecule has 2 aromatic heterocycles. The number of rotatable bonds is 2. The Balaban J connectivity index is 1.86. The molecule has 1 aliphatic heterocycles. The van der Waals surface area contributed by atoms with E-state index < -0.39 is 18.3 Å². The first-order chi connectivity index (χ1) is 9.39. The zero-order chi connectivity index (χ0) is 14.4. The van der Waals surface area contributed by atoms with E-state index in [0.717, 1.165) is 0 Å². The molecule has 0 spiro atoms. The van der Waals surface area contributed by atoms with Crippen molar-refractivity contribution < 1.29 is 9.31 Å². The van der Waals surface area contributed by atoms with Gasteiger partial charge >= 0.3 is 7.12 Å². The lowest BCUT2D eigenvalue weighted by molar-refractivity contribution is 0.00578. The summed E-state index contributed by atoms with van der Waals surface area (Å²) in [5.41, 5.74) is -0.158. The Hall–Kier alpha value is -1.80. The van der Waals surface area contributed by atoms with E-state index in [1.54, 1.807) is 23.1 Å². The Kier molecular flexibility index (Phi) is 2.88. The average molecular weight is 273 g/mol. The molecule has 7 nitrogen and oxygen atoms in total. The van der Waals surface area contributed by atoms with Crippen molar-refractivity contribution in [2.45, 2.75) is 38.9 Å². The van der Waals surface area contributed by atoms with Crippen LogP contribution in [0.3, 0.4) is 0 Å². The molecule has 104 valence electrons. The van der Waals surface area contributed by atoms with E-state index in [4.69, 9.17) is 9.31 Å². The summed E-state index contributed by atoms with van der Waals surface area (Å²) in [6, 6.07) is 1.75. The van der Waals surface area contributed by atoms with Crippen molar-refractivity contribution in [2.24, 2.45) is 0 Å². The molecule has 0 radical (unpaired) electrons. The highest BCUT2D eigenvalue weighted by Gasteiger charge is 2.52. The molecule has 0 saturated carbocycles. The highest BCUT2D eigenvalue weighted by atomic mass is 16.7. The second-order valence-corrected chi connectivity index (χ2v) is 5.74. The van der Waals surface area contributed by atoms with Crippen LogP contribution in [0.1, 0.15) is 27.7 Å². The maximum absolute atomic E-state index is 5.93. The topological polar surface area (TPSA) is 75.0 Å². The maximum Gasteiger partial charge on any atom is 0.518 e. The molecule has 1 fully saturated rings. The Labute approximate surface area is 117 Å². The third kappa shape index (κ3) is 2.10. The maximum atomic E-state index is 5.93. The van der Waals surface area contributed by atoms with Crippen LogP contribution in [-0.2, 0) is 9.31 Å². The first-order valence-corrected chi connectivity index (χ1v) is 6.43. The van der Waals surface area contributed by atoms with Crippen molar-refractivity contribution in [1.82, 2.24) is 25.0 Å². The quantitative estimate of drug-likeness (QED) is 0.735. The molecule has 0 atom stereocenters. The zero-order valence-electron chi connectivity index (χ0n) is 11.9. The van der Waals surface area contributed by atoms with Gasteiger partial charge in [-0.3, -0.25) is 0 Å². The van der Waals surface area contributed by atoms with Crippen LogP contribution < -0.4 is 5.59 Å². The van der Waals surface area contributed by atoms with Crippen LogP contribution in [0.2, 0.25) is 0 Å². The lowest BCUT2D eigenvalue weighted by Crippen LogP contribution is -2.41. The molecule has 0 unspecified atom stereocenters. The molecule has 1 saturated heterocycles. The third-order valence-corrected chi connectivity index (χ3v) is 3.81. The molecule has 0 aliphatic carbocycles. The first kappa shape index (κ1) is 13.2. The van der Waals surface area contributed by atoms with Gasteiger partial charge in [-0.15, -0.1) is 5.10 Å². The molecular formula is C12H16BN5O2. The first-order valence-electron chi connectivity index (χ1n) is 6.43. The second kappa shape index (κ2) is 4.36. The van der Waals surface area contributed by atoms with Crippen LogP contribution >= 0.6 is 0 Å². The van der Waals surface area contributed by atoms with E-state index in [9.17, 15) is 0 Å². The fourth-order valence-electron chi connectivity index (χ4n) is 1.88. The molecule has 0 N–H and O–H groups in total. The van der Waals surface area contributed by atoms with Crippen molar-refractivity contribution in [2.75, 3.05) is 0 Å². The van der Waals surface area contributed by atoms with Crippen LogP contribution in [0.4, 0.5) is 0 Å². The van der Waals surface area contributed by atoms with E-state index in [1.807, 2.05) is 27.7 Å². The van der Waals surface area contributed by atoms with Gasteiger partial charge in [-0.25, -0.2) is 14.6 Å². The summed E-state index contributed by atoms with van der Waals surface area (Å²) in [6.45, 7) is 8.01. The Morgan fingerprint density at radius 1 is 1.15 bits per heavy atom. The van der Waals surface area contributed by atoms with Crippen LogP contribution in [0.5, 0.6) is 0 Å². The zero-order valence-corrected chi connectivity index (χ0v) is 11.9. The van der Waals surface area contributed by atoms with Crippen molar-refractivity contribution >= 4 is 12.7 Å². The normalized spacial score (nSPS) is 20.3. The summed E-state index contributed by atoms with van der Waals surface area (Å²) in [7, 11) is -0.518. The van der Waals surface area contributed by atoms with Gasteiger partial charge in [-0.2, -0.15) is 0 Å². The smallest absolute Gasteiger partial charge is 0.398 e. The fraction of sp³-hybridized carbons (Fsp3) is 0.500. The van der Waals surface area contributed by atoms with Gasteiger partial charge in [0.1, 0.15) is 11.9 Å². The second-order valence-electron chi connectivity index (χ2n) is 5.74. The predicted octanol–water partition coefficient (Wildman–Crippen LogP) is 0.356. The SMILES string of the molecule is CC1(C)OB(c2cn(-c3ccncn3)nn2)OC1(C)C. The van der Waals surface area contributed by atoms with Gasteiger partial charge in [0, 0.05) is 12.3 Å². The fourth-order valence-corrected chi connectivity index (χ4v) is 1.88. The highest BCUT2D eigenvalue weighted by Crippen LogP contribution is 2.36. The molecule has 8 heteroatoms. The standard InChI is InChI=1S/C12H16BN5O2/c1-11(2)12(3,4)20-13(19-11)9-7-18(17-16-9)10-5-6-14-8-15-10/h5-8H,1-4H3. The minimum atomic E-state index is -0.518. The number of hydrogen-bond acceptors (Lipinski definition) is 6. The van der Waals surface area contributed by atoms with Gasteiger partial charge in [-0.05, 0) is 27.7 Å². The molecule has 3 rings (SSSR count). The largest absolute Gasteiger partial charge is 0.518 e. The van der Waals surface area contributed by atoms with Gasteiger partial charge in [0.05, 0.1) is 17.4 Å². The van der Waals surface area contributed by atoms with Gasteiger partial charge in [0.15, 0.2) is 5.82 Å². The molecule has 3 heterocycles. The average Bonchev–Trinajstić information content (AvgIpc) is 2.94. The van der Waals surface area contributed by atoms with Gasteiger partial charge in [0.25, 0.3) is 0 Å². The van der Waals surface area contributed by atoms with Gasteiger partial charge in [0.2, 0.25) is 0 Å². The van der Waals surface area contributed by atoms with E-state index >= 15 is 0 Å². The van der Waals surface area contributed by atoms with Crippen molar-refractivity contribution in [3.63, 3.8) is 0 Å². The number of nitrogens with zero attached hydrogens (tertiary/aromatic N) is 5. The van der Waals surface area contributed by atoms with Crippen molar-refractivity contribution in [3.05, 3.63) is 24.8 Å². The summed E-state index contributed by atoms with van der Waals surface area (Å²) >= 11 is 0. The molecule has 1 aliphatic rings. The van der Waals surface area contributed by atoms with E-state index in [2.05, 4.69) is 20.3 Å². The monoisotopic (exact) mass is 273 g/mol. The number of aromatic nitrogens is 5. The van der Waals surface area contributed by atoms with Crippen molar-refractivity contribution in [3.8, 4) is 5.82 Å². The van der Waals surface area contributed by atoms with Crippen LogP contribution in [-0.4, -0.2) is 43.3 Å². The molecular weight excluding hydrogens is 257 g/mol. The van der Waals surface area contributed by atoms with E-state index in [1.165, 1.54) is 6.33 Å². The molecule has 2 aromatic rings. The lowest BCUT2D eigenvalue weighted by Gasteiger charge is -2.32. The molecule has 0 amide bonds. The minimum absolute atomic E-state index is 0.392. The molecule has 20 heavy (non-hydrogen) atoms. The van der Waals surface area contributed by atoms with E-state index in [-0.39, 0.29) is 0 Å².